The van der Waals surface area contributed by atoms with Gasteiger partial charge in [-0.3, -0.25) is 9.89 Å². The zero-order valence-corrected chi connectivity index (χ0v) is 15.1. The lowest BCUT2D eigenvalue weighted by Crippen LogP contribution is -2.19. The standard InChI is InChI=1S/C22H17FN4O/c1-14(15-8-10-19(23)11-9-15)24-27-22(28)21-13-20(25-26-21)18-7-6-16-4-2-3-5-17(16)12-18/h2-13H,1H3,(H,25,26)(H,27,28)/b24-14+. The maximum absolute atomic E-state index is 13.0. The van der Waals surface area contributed by atoms with Crippen LogP contribution in [0.2, 0.25) is 0 Å². The number of benzene rings is 3. The van der Waals surface area contributed by atoms with Crippen LogP contribution in [0.1, 0.15) is 23.0 Å². The summed E-state index contributed by atoms with van der Waals surface area (Å²) in [5, 5.41) is 13.3. The van der Waals surface area contributed by atoms with Crippen molar-refractivity contribution in [1.82, 2.24) is 15.6 Å². The molecule has 0 aliphatic heterocycles. The smallest absolute Gasteiger partial charge is 0.272 e. The number of halogens is 1. The van der Waals surface area contributed by atoms with Gasteiger partial charge in [0.1, 0.15) is 11.5 Å². The minimum atomic E-state index is -0.402. The van der Waals surface area contributed by atoms with Gasteiger partial charge in [-0.1, -0.05) is 48.5 Å². The second kappa shape index (κ2) is 7.44. The van der Waals surface area contributed by atoms with Crippen molar-refractivity contribution < 1.29 is 9.18 Å². The van der Waals surface area contributed by atoms with E-state index in [-0.39, 0.29) is 5.82 Å². The lowest BCUT2D eigenvalue weighted by Gasteiger charge is -2.02. The lowest BCUT2D eigenvalue weighted by atomic mass is 10.1. The van der Waals surface area contributed by atoms with Crippen molar-refractivity contribution in [1.29, 1.82) is 0 Å². The number of hydrogen-bond donors (Lipinski definition) is 2. The summed E-state index contributed by atoms with van der Waals surface area (Å²) in [7, 11) is 0. The first-order valence-electron chi connectivity index (χ1n) is 8.75. The number of H-pyrrole nitrogens is 1. The SMILES string of the molecule is C/C(=N\NC(=O)c1cc(-c2ccc3ccccc3c2)n[nH]1)c1ccc(F)cc1. The van der Waals surface area contributed by atoms with Gasteiger partial charge in [0.05, 0.1) is 11.4 Å². The summed E-state index contributed by atoms with van der Waals surface area (Å²) >= 11 is 0. The molecule has 6 heteroatoms. The molecule has 1 aromatic heterocycles. The first-order valence-corrected chi connectivity index (χ1v) is 8.75. The molecule has 0 saturated carbocycles. The van der Waals surface area contributed by atoms with Gasteiger partial charge in [0, 0.05) is 5.56 Å². The molecule has 0 saturated heterocycles. The van der Waals surface area contributed by atoms with Gasteiger partial charge >= 0.3 is 0 Å². The van der Waals surface area contributed by atoms with Gasteiger partial charge in [-0.2, -0.15) is 10.2 Å². The fraction of sp³-hybridized carbons (Fsp3) is 0.0455. The highest BCUT2D eigenvalue weighted by Crippen LogP contribution is 2.23. The molecule has 0 bridgehead atoms. The quantitative estimate of drug-likeness (QED) is 0.408. The Morgan fingerprint density at radius 1 is 1.00 bits per heavy atom. The topological polar surface area (TPSA) is 70.1 Å². The van der Waals surface area contributed by atoms with E-state index >= 15 is 0 Å². The molecule has 138 valence electrons. The monoisotopic (exact) mass is 372 g/mol. The minimum absolute atomic E-state index is 0.304. The van der Waals surface area contributed by atoms with Crippen LogP contribution >= 0.6 is 0 Å². The van der Waals surface area contributed by atoms with Gasteiger partial charge in [0.25, 0.3) is 5.91 Å². The highest BCUT2D eigenvalue weighted by molar-refractivity contribution is 6.00. The Balaban J connectivity index is 1.50. The first-order chi connectivity index (χ1) is 13.6. The van der Waals surface area contributed by atoms with Crippen LogP contribution in [0.5, 0.6) is 0 Å². The number of nitrogens with one attached hydrogen (secondary N) is 2. The van der Waals surface area contributed by atoms with Crippen molar-refractivity contribution >= 4 is 22.4 Å². The van der Waals surface area contributed by atoms with Gasteiger partial charge in [0.15, 0.2) is 0 Å². The Bertz CT molecular complexity index is 1180. The molecule has 2 N–H and O–H groups in total. The molecule has 0 fully saturated rings. The van der Waals surface area contributed by atoms with Crippen LogP contribution in [0.3, 0.4) is 0 Å². The summed E-state index contributed by atoms with van der Waals surface area (Å²) in [5.41, 5.74) is 5.68. The van der Waals surface area contributed by atoms with E-state index in [1.807, 2.05) is 42.5 Å². The van der Waals surface area contributed by atoms with Crippen LogP contribution in [-0.2, 0) is 0 Å². The molecule has 0 aliphatic rings. The predicted octanol–water partition coefficient (Wildman–Crippen LogP) is 4.52. The lowest BCUT2D eigenvalue weighted by molar-refractivity contribution is 0.0950. The van der Waals surface area contributed by atoms with Crippen LogP contribution in [0, 0.1) is 5.82 Å². The molecule has 4 aromatic rings. The van der Waals surface area contributed by atoms with E-state index in [0.29, 0.717) is 17.1 Å². The molecular formula is C22H17FN4O. The van der Waals surface area contributed by atoms with Crippen molar-refractivity contribution in [2.45, 2.75) is 6.92 Å². The molecule has 0 radical (unpaired) electrons. The number of aromatic amines is 1. The molecule has 3 aromatic carbocycles. The maximum Gasteiger partial charge on any atom is 0.289 e. The number of carbonyl (C=O) groups excluding carboxylic acids is 1. The normalized spacial score (nSPS) is 11.6. The van der Waals surface area contributed by atoms with Crippen molar-refractivity contribution in [2.75, 3.05) is 0 Å². The van der Waals surface area contributed by atoms with Gasteiger partial charge < -0.3 is 0 Å². The Morgan fingerprint density at radius 2 is 1.75 bits per heavy atom. The molecule has 1 amide bonds. The third kappa shape index (κ3) is 3.66. The zero-order chi connectivity index (χ0) is 19.5. The summed E-state index contributed by atoms with van der Waals surface area (Å²) in [6, 6.07) is 21.7. The number of hydrazone groups is 1. The molecule has 1 heterocycles. The summed E-state index contributed by atoms with van der Waals surface area (Å²) in [5.74, 6) is -0.722. The first kappa shape index (κ1) is 17.6. The van der Waals surface area contributed by atoms with Crippen molar-refractivity contribution in [3.05, 3.63) is 89.9 Å². The van der Waals surface area contributed by atoms with E-state index in [0.717, 1.165) is 21.9 Å². The largest absolute Gasteiger partial charge is 0.289 e. The molecule has 0 atom stereocenters. The van der Waals surface area contributed by atoms with E-state index in [9.17, 15) is 9.18 Å². The average Bonchev–Trinajstić information content (AvgIpc) is 3.22. The van der Waals surface area contributed by atoms with Crippen molar-refractivity contribution in [3.8, 4) is 11.3 Å². The van der Waals surface area contributed by atoms with E-state index in [2.05, 4.69) is 20.7 Å². The second-order valence-electron chi connectivity index (χ2n) is 6.37. The zero-order valence-electron chi connectivity index (χ0n) is 15.1. The van der Waals surface area contributed by atoms with E-state index in [1.54, 1.807) is 25.1 Å². The van der Waals surface area contributed by atoms with Gasteiger partial charge in [0.2, 0.25) is 0 Å². The Kier molecular flexibility index (Phi) is 4.68. The van der Waals surface area contributed by atoms with Crippen LogP contribution < -0.4 is 5.43 Å². The number of hydrogen-bond acceptors (Lipinski definition) is 3. The highest BCUT2D eigenvalue weighted by Gasteiger charge is 2.11. The van der Waals surface area contributed by atoms with Crippen molar-refractivity contribution in [2.24, 2.45) is 5.10 Å². The summed E-state index contributed by atoms with van der Waals surface area (Å²) in [6.07, 6.45) is 0. The molecule has 4 rings (SSSR count). The molecule has 0 aliphatic carbocycles. The molecular weight excluding hydrogens is 355 g/mol. The van der Waals surface area contributed by atoms with Crippen molar-refractivity contribution in [3.63, 3.8) is 0 Å². The summed E-state index contributed by atoms with van der Waals surface area (Å²) in [6.45, 7) is 1.74. The van der Waals surface area contributed by atoms with Crippen LogP contribution in [0.4, 0.5) is 4.39 Å². The maximum atomic E-state index is 13.0. The number of fused-ring (bicyclic) bond motifs is 1. The van der Waals surface area contributed by atoms with Crippen LogP contribution in [-0.4, -0.2) is 21.8 Å². The van der Waals surface area contributed by atoms with E-state index in [1.165, 1.54) is 12.1 Å². The molecule has 28 heavy (non-hydrogen) atoms. The minimum Gasteiger partial charge on any atom is -0.272 e. The van der Waals surface area contributed by atoms with Gasteiger partial charge in [-0.05, 0) is 47.5 Å². The molecule has 5 nitrogen and oxygen atoms in total. The Morgan fingerprint density at radius 3 is 2.54 bits per heavy atom. The second-order valence-corrected chi connectivity index (χ2v) is 6.37. The fourth-order valence-corrected chi connectivity index (χ4v) is 2.89. The van der Waals surface area contributed by atoms with Crippen LogP contribution in [0.25, 0.3) is 22.0 Å². The number of nitrogens with zero attached hydrogens (tertiary/aromatic N) is 2. The average molecular weight is 372 g/mol. The fourth-order valence-electron chi connectivity index (χ4n) is 2.89. The number of aromatic nitrogens is 2. The van der Waals surface area contributed by atoms with Gasteiger partial charge in [-0.25, -0.2) is 9.82 Å². The van der Waals surface area contributed by atoms with E-state index in [4.69, 9.17) is 0 Å². The third-order valence-electron chi connectivity index (χ3n) is 4.45. The summed E-state index contributed by atoms with van der Waals surface area (Å²) in [4.78, 5) is 12.3. The highest BCUT2D eigenvalue weighted by atomic mass is 19.1. The van der Waals surface area contributed by atoms with Crippen LogP contribution in [0.15, 0.2) is 77.9 Å². The van der Waals surface area contributed by atoms with E-state index < -0.39 is 5.91 Å². The summed E-state index contributed by atoms with van der Waals surface area (Å²) < 4.78 is 13.0. The predicted molar refractivity (Wildman–Crippen MR) is 108 cm³/mol. The molecule has 0 unspecified atom stereocenters. The number of amides is 1. The molecule has 0 spiro atoms. The Hall–Kier alpha value is -3.80. The van der Waals surface area contributed by atoms with Gasteiger partial charge in [-0.15, -0.1) is 0 Å². The Labute approximate surface area is 160 Å². The number of rotatable bonds is 4. The third-order valence-corrected chi connectivity index (χ3v) is 4.45. The number of carbonyl (C=O) groups is 1.